The van der Waals surface area contributed by atoms with Crippen molar-refractivity contribution < 1.29 is 9.53 Å². The number of hydrogen-bond donors (Lipinski definition) is 2. The third-order valence-electron chi connectivity index (χ3n) is 4.75. The van der Waals surface area contributed by atoms with Crippen molar-refractivity contribution in [3.8, 4) is 17.1 Å². The highest BCUT2D eigenvalue weighted by Crippen LogP contribution is 2.21. The Labute approximate surface area is 187 Å². The van der Waals surface area contributed by atoms with Crippen LogP contribution in [0, 0.1) is 6.92 Å². The first kappa shape index (κ1) is 21.1. The van der Waals surface area contributed by atoms with Gasteiger partial charge in [0.1, 0.15) is 11.6 Å². The minimum atomic E-state index is -0.194. The van der Waals surface area contributed by atoms with Gasteiger partial charge in [-0.05, 0) is 68.4 Å². The molecule has 0 aliphatic heterocycles. The molecule has 0 bridgehead atoms. The Morgan fingerprint density at radius 1 is 0.938 bits per heavy atom. The monoisotopic (exact) mass is 424 g/mol. The number of rotatable bonds is 7. The molecular weight excluding hydrogens is 400 g/mol. The molecule has 0 radical (unpaired) electrons. The summed E-state index contributed by atoms with van der Waals surface area (Å²) in [5.74, 6) is 1.87. The third kappa shape index (κ3) is 5.29. The molecule has 1 amide bonds. The molecule has 0 aliphatic carbocycles. The lowest BCUT2D eigenvalue weighted by Gasteiger charge is -2.10. The largest absolute Gasteiger partial charge is 0.494 e. The smallest absolute Gasteiger partial charge is 0.255 e. The zero-order valence-electron chi connectivity index (χ0n) is 18.0. The summed E-state index contributed by atoms with van der Waals surface area (Å²) in [6.07, 6.45) is 1.72. The number of anilines is 3. The molecule has 4 aromatic rings. The number of nitrogens with zero attached hydrogens (tertiary/aromatic N) is 2. The van der Waals surface area contributed by atoms with Gasteiger partial charge in [-0.3, -0.25) is 4.79 Å². The van der Waals surface area contributed by atoms with Crippen molar-refractivity contribution in [1.29, 1.82) is 0 Å². The first-order valence-corrected chi connectivity index (χ1v) is 10.4. The second-order valence-corrected chi connectivity index (χ2v) is 7.25. The molecule has 0 fully saturated rings. The summed E-state index contributed by atoms with van der Waals surface area (Å²) in [4.78, 5) is 21.7. The summed E-state index contributed by atoms with van der Waals surface area (Å²) in [6.45, 7) is 4.57. The fraction of sp³-hybridized carbons (Fsp3) is 0.115. The van der Waals surface area contributed by atoms with E-state index in [1.165, 1.54) is 0 Å². The quantitative estimate of drug-likeness (QED) is 0.389. The summed E-state index contributed by atoms with van der Waals surface area (Å²) in [5.41, 5.74) is 4.11. The van der Waals surface area contributed by atoms with Gasteiger partial charge in [-0.15, -0.1) is 0 Å². The lowest BCUT2D eigenvalue weighted by atomic mass is 10.1. The van der Waals surface area contributed by atoms with Crippen molar-refractivity contribution in [1.82, 2.24) is 9.97 Å². The van der Waals surface area contributed by atoms with E-state index in [1.54, 1.807) is 24.4 Å². The number of carbonyl (C=O) groups is 1. The maximum Gasteiger partial charge on any atom is 0.255 e. The van der Waals surface area contributed by atoms with Crippen LogP contribution in [-0.2, 0) is 0 Å². The molecule has 0 aliphatic rings. The van der Waals surface area contributed by atoms with Gasteiger partial charge in [0.05, 0.1) is 6.61 Å². The Balaban J connectivity index is 1.47. The van der Waals surface area contributed by atoms with Crippen molar-refractivity contribution in [3.05, 3.63) is 96.2 Å². The van der Waals surface area contributed by atoms with E-state index in [0.717, 1.165) is 22.6 Å². The van der Waals surface area contributed by atoms with Crippen LogP contribution in [-0.4, -0.2) is 22.5 Å². The lowest BCUT2D eigenvalue weighted by Crippen LogP contribution is -2.12. The van der Waals surface area contributed by atoms with Crippen molar-refractivity contribution in [2.45, 2.75) is 13.8 Å². The minimum Gasteiger partial charge on any atom is -0.494 e. The van der Waals surface area contributed by atoms with Gasteiger partial charge in [-0.25, -0.2) is 9.97 Å². The van der Waals surface area contributed by atoms with Crippen LogP contribution < -0.4 is 15.4 Å². The molecule has 2 N–H and O–H groups in total. The van der Waals surface area contributed by atoms with Crippen LogP contribution in [0.2, 0.25) is 0 Å². The molecule has 6 nitrogen and oxygen atoms in total. The second kappa shape index (κ2) is 9.75. The topological polar surface area (TPSA) is 76.1 Å². The fourth-order valence-corrected chi connectivity index (χ4v) is 3.24. The number of benzene rings is 3. The predicted octanol–water partition coefficient (Wildman–Crippen LogP) is 5.85. The van der Waals surface area contributed by atoms with Crippen LogP contribution in [0.4, 0.5) is 17.2 Å². The van der Waals surface area contributed by atoms with Crippen molar-refractivity contribution in [2.24, 2.45) is 0 Å². The summed E-state index contributed by atoms with van der Waals surface area (Å²) >= 11 is 0. The minimum absolute atomic E-state index is 0.194. The number of aryl methyl sites for hydroxylation is 1. The average molecular weight is 425 g/mol. The Hall–Kier alpha value is -4.19. The highest BCUT2D eigenvalue weighted by molar-refractivity contribution is 6.04. The molecule has 1 heterocycles. The normalized spacial score (nSPS) is 10.4. The number of ether oxygens (including phenoxy) is 1. The van der Waals surface area contributed by atoms with Crippen LogP contribution in [0.15, 0.2) is 85.1 Å². The molecular formula is C26H24N4O2. The lowest BCUT2D eigenvalue weighted by molar-refractivity contribution is 0.102. The van der Waals surface area contributed by atoms with Gasteiger partial charge in [-0.2, -0.15) is 0 Å². The number of carbonyl (C=O) groups excluding carboxylic acids is 1. The SMILES string of the molecule is CCOc1ccc(NC(=O)c2cccc(Nc3ccnc(-c4cccc(C)c4)n3)c2)cc1. The Morgan fingerprint density at radius 3 is 2.53 bits per heavy atom. The van der Waals surface area contributed by atoms with Gasteiger partial charge < -0.3 is 15.4 Å². The molecule has 1 aromatic heterocycles. The van der Waals surface area contributed by atoms with Gasteiger partial charge in [-0.1, -0.05) is 29.8 Å². The van der Waals surface area contributed by atoms with E-state index in [4.69, 9.17) is 4.74 Å². The van der Waals surface area contributed by atoms with E-state index in [0.29, 0.717) is 29.5 Å². The van der Waals surface area contributed by atoms with E-state index in [1.807, 2.05) is 74.5 Å². The van der Waals surface area contributed by atoms with Gasteiger partial charge in [0.25, 0.3) is 5.91 Å². The van der Waals surface area contributed by atoms with Crippen LogP contribution in [0.1, 0.15) is 22.8 Å². The second-order valence-electron chi connectivity index (χ2n) is 7.25. The van der Waals surface area contributed by atoms with Gasteiger partial charge in [0.15, 0.2) is 5.82 Å². The molecule has 0 saturated heterocycles. The van der Waals surface area contributed by atoms with Crippen molar-refractivity contribution >= 4 is 23.1 Å². The number of amides is 1. The summed E-state index contributed by atoms with van der Waals surface area (Å²) in [5, 5.41) is 6.17. The Bertz CT molecular complexity index is 1220. The third-order valence-corrected chi connectivity index (χ3v) is 4.75. The molecule has 0 unspecified atom stereocenters. The fourth-order valence-electron chi connectivity index (χ4n) is 3.24. The first-order valence-electron chi connectivity index (χ1n) is 10.4. The van der Waals surface area contributed by atoms with Crippen LogP contribution in [0.25, 0.3) is 11.4 Å². The van der Waals surface area contributed by atoms with Crippen LogP contribution in [0.5, 0.6) is 5.75 Å². The van der Waals surface area contributed by atoms with Crippen LogP contribution >= 0.6 is 0 Å². The van der Waals surface area contributed by atoms with Crippen molar-refractivity contribution in [2.75, 3.05) is 17.2 Å². The highest BCUT2D eigenvalue weighted by atomic mass is 16.5. The van der Waals surface area contributed by atoms with Gasteiger partial charge in [0.2, 0.25) is 0 Å². The molecule has 0 saturated carbocycles. The number of hydrogen-bond acceptors (Lipinski definition) is 5. The molecule has 6 heteroatoms. The zero-order chi connectivity index (χ0) is 22.3. The molecule has 160 valence electrons. The number of aromatic nitrogens is 2. The van der Waals surface area contributed by atoms with Crippen molar-refractivity contribution in [3.63, 3.8) is 0 Å². The van der Waals surface area contributed by atoms with E-state index in [9.17, 15) is 4.79 Å². The zero-order valence-corrected chi connectivity index (χ0v) is 18.0. The maximum atomic E-state index is 12.7. The predicted molar refractivity (Wildman–Crippen MR) is 127 cm³/mol. The summed E-state index contributed by atoms with van der Waals surface area (Å²) in [7, 11) is 0. The first-order chi connectivity index (χ1) is 15.6. The Kier molecular flexibility index (Phi) is 6.41. The molecule has 32 heavy (non-hydrogen) atoms. The molecule has 0 spiro atoms. The maximum absolute atomic E-state index is 12.7. The molecule has 3 aromatic carbocycles. The standard InChI is InChI=1S/C26H24N4O2/c1-3-32-23-12-10-21(11-13-23)29-26(31)20-8-5-9-22(17-20)28-24-14-15-27-25(30-24)19-7-4-6-18(2)16-19/h4-17H,3H2,1-2H3,(H,29,31)(H,27,28,30). The molecule has 4 rings (SSSR count). The number of nitrogens with one attached hydrogen (secondary N) is 2. The van der Waals surface area contributed by atoms with E-state index in [-0.39, 0.29) is 5.91 Å². The van der Waals surface area contributed by atoms with E-state index < -0.39 is 0 Å². The average Bonchev–Trinajstić information content (AvgIpc) is 2.81. The highest BCUT2D eigenvalue weighted by Gasteiger charge is 2.09. The van der Waals surface area contributed by atoms with Gasteiger partial charge in [0, 0.05) is 28.7 Å². The van der Waals surface area contributed by atoms with Crippen LogP contribution in [0.3, 0.4) is 0 Å². The van der Waals surface area contributed by atoms with E-state index in [2.05, 4.69) is 20.6 Å². The van der Waals surface area contributed by atoms with Gasteiger partial charge >= 0.3 is 0 Å². The Morgan fingerprint density at radius 2 is 1.75 bits per heavy atom. The van der Waals surface area contributed by atoms with E-state index >= 15 is 0 Å². The summed E-state index contributed by atoms with van der Waals surface area (Å²) < 4.78 is 5.43. The molecule has 0 atom stereocenters. The summed E-state index contributed by atoms with van der Waals surface area (Å²) in [6, 6.07) is 24.4.